The van der Waals surface area contributed by atoms with Crippen LogP contribution in [-0.4, -0.2) is 16.1 Å². The van der Waals surface area contributed by atoms with Crippen LogP contribution in [0.15, 0.2) is 58.5 Å². The molecule has 2 aromatic carbocycles. The van der Waals surface area contributed by atoms with Crippen molar-refractivity contribution in [3.8, 4) is 22.4 Å². The van der Waals surface area contributed by atoms with Gasteiger partial charge in [0.2, 0.25) is 0 Å². The van der Waals surface area contributed by atoms with Crippen molar-refractivity contribution in [1.29, 1.82) is 0 Å². The van der Waals surface area contributed by atoms with E-state index in [1.54, 1.807) is 17.5 Å². The first kappa shape index (κ1) is 15.4. The van der Waals surface area contributed by atoms with E-state index in [4.69, 9.17) is 13.9 Å². The van der Waals surface area contributed by atoms with Crippen molar-refractivity contribution in [2.45, 2.75) is 25.6 Å². The largest absolute Gasteiger partial charge is 0.486 e. The maximum absolute atomic E-state index is 6.02. The minimum atomic E-state index is 0.222. The Bertz CT molecular complexity index is 1020. The fourth-order valence-electron chi connectivity index (χ4n) is 2.72. The molecule has 1 aliphatic carbocycles. The second kappa shape index (κ2) is 6.46. The van der Waals surface area contributed by atoms with Crippen LogP contribution in [0.4, 0.5) is 0 Å². The van der Waals surface area contributed by atoms with Crippen molar-refractivity contribution < 1.29 is 13.9 Å². The van der Waals surface area contributed by atoms with Gasteiger partial charge in [-0.25, -0.2) is 4.98 Å². The maximum Gasteiger partial charge on any atom is 0.395 e. The van der Waals surface area contributed by atoms with Crippen LogP contribution < -0.4 is 9.47 Å². The van der Waals surface area contributed by atoms with Crippen molar-refractivity contribution >= 4 is 22.4 Å². The first-order valence-corrected chi connectivity index (χ1v) is 9.41. The number of ether oxygens (including phenoxy) is 2. The lowest BCUT2D eigenvalue weighted by molar-refractivity contribution is 0.224. The first-order chi connectivity index (χ1) is 12.9. The quantitative estimate of drug-likeness (QED) is 0.478. The van der Waals surface area contributed by atoms with E-state index in [0.717, 1.165) is 29.0 Å². The molecule has 0 bridgehead atoms. The predicted molar refractivity (Wildman–Crippen MR) is 99.5 cm³/mol. The molecule has 1 aliphatic rings. The number of rotatable bonds is 6. The van der Waals surface area contributed by atoms with Crippen LogP contribution in [-0.2, 0) is 6.61 Å². The van der Waals surface area contributed by atoms with Crippen LogP contribution in [0.25, 0.3) is 21.7 Å². The van der Waals surface area contributed by atoms with Gasteiger partial charge < -0.3 is 13.9 Å². The molecule has 5 rings (SSSR count). The Kier molecular flexibility index (Phi) is 3.83. The smallest absolute Gasteiger partial charge is 0.395 e. The second-order valence-electron chi connectivity index (χ2n) is 6.20. The molecule has 0 unspecified atom stereocenters. The van der Waals surface area contributed by atoms with Gasteiger partial charge >= 0.3 is 6.08 Å². The van der Waals surface area contributed by atoms with Crippen molar-refractivity contribution in [2.24, 2.45) is 0 Å². The van der Waals surface area contributed by atoms with Crippen molar-refractivity contribution in [1.82, 2.24) is 9.97 Å². The zero-order valence-corrected chi connectivity index (χ0v) is 14.7. The van der Waals surface area contributed by atoms with Crippen molar-refractivity contribution in [2.75, 3.05) is 0 Å². The summed E-state index contributed by atoms with van der Waals surface area (Å²) in [6, 6.07) is 13.9. The van der Waals surface area contributed by atoms with E-state index in [2.05, 4.69) is 9.97 Å². The van der Waals surface area contributed by atoms with Gasteiger partial charge in [0.15, 0.2) is 11.1 Å². The standard InChI is InChI=1S/C20H16N2O3S/c1-2-4-13(5-3-1)12-23-16-9-8-15(19-21-10-11-26-19)18-17(16)22-20(25-18)24-14-6-7-14/h1-5,8-11,14H,6-7,12H2. The van der Waals surface area contributed by atoms with E-state index >= 15 is 0 Å². The van der Waals surface area contributed by atoms with Gasteiger partial charge in [-0.2, -0.15) is 4.98 Å². The van der Waals surface area contributed by atoms with Crippen LogP contribution in [0.3, 0.4) is 0 Å². The number of fused-ring (bicyclic) bond motifs is 1. The summed E-state index contributed by atoms with van der Waals surface area (Å²) < 4.78 is 17.7. The zero-order valence-electron chi connectivity index (χ0n) is 13.9. The molecule has 130 valence electrons. The number of nitrogens with zero attached hydrogens (tertiary/aromatic N) is 2. The first-order valence-electron chi connectivity index (χ1n) is 8.53. The second-order valence-corrected chi connectivity index (χ2v) is 7.09. The van der Waals surface area contributed by atoms with Gasteiger partial charge in [-0.3, -0.25) is 0 Å². The Labute approximate surface area is 154 Å². The zero-order chi connectivity index (χ0) is 17.3. The summed E-state index contributed by atoms with van der Waals surface area (Å²) in [6.07, 6.45) is 4.41. The highest BCUT2D eigenvalue weighted by atomic mass is 32.1. The molecule has 6 heteroatoms. The monoisotopic (exact) mass is 364 g/mol. The number of oxazole rings is 1. The molecule has 0 atom stereocenters. The lowest BCUT2D eigenvalue weighted by atomic mass is 10.2. The number of thiazole rings is 1. The van der Waals surface area contributed by atoms with E-state index in [-0.39, 0.29) is 6.10 Å². The third-order valence-electron chi connectivity index (χ3n) is 4.18. The summed E-state index contributed by atoms with van der Waals surface area (Å²) in [5.41, 5.74) is 3.33. The highest BCUT2D eigenvalue weighted by Gasteiger charge is 2.27. The molecule has 1 fully saturated rings. The summed E-state index contributed by atoms with van der Waals surface area (Å²) in [5.74, 6) is 0.679. The Morgan fingerprint density at radius 3 is 2.77 bits per heavy atom. The molecule has 0 amide bonds. The minimum Gasteiger partial charge on any atom is -0.486 e. The molecule has 0 radical (unpaired) electrons. The summed E-state index contributed by atoms with van der Waals surface area (Å²) in [4.78, 5) is 8.93. The van der Waals surface area contributed by atoms with Crippen LogP contribution in [0.5, 0.6) is 11.8 Å². The number of hydrogen-bond donors (Lipinski definition) is 0. The average Bonchev–Trinajstić information content (AvgIpc) is 3.15. The maximum atomic E-state index is 6.02. The van der Waals surface area contributed by atoms with Gasteiger partial charge in [-0.05, 0) is 30.5 Å². The summed E-state index contributed by atoms with van der Waals surface area (Å²) in [6.45, 7) is 0.470. The normalized spacial score (nSPS) is 13.8. The van der Waals surface area contributed by atoms with E-state index in [0.29, 0.717) is 29.5 Å². The van der Waals surface area contributed by atoms with Gasteiger partial charge in [-0.15, -0.1) is 11.3 Å². The fraction of sp³-hybridized carbons (Fsp3) is 0.200. The highest BCUT2D eigenvalue weighted by Crippen LogP contribution is 2.38. The van der Waals surface area contributed by atoms with Crippen molar-refractivity contribution in [3.63, 3.8) is 0 Å². The third-order valence-corrected chi connectivity index (χ3v) is 4.99. The van der Waals surface area contributed by atoms with E-state index in [9.17, 15) is 0 Å². The molecule has 26 heavy (non-hydrogen) atoms. The molecule has 5 nitrogen and oxygen atoms in total. The van der Waals surface area contributed by atoms with Crippen LogP contribution in [0.1, 0.15) is 18.4 Å². The third kappa shape index (κ3) is 3.04. The Balaban J connectivity index is 1.53. The van der Waals surface area contributed by atoms with Gasteiger partial charge in [0.05, 0.1) is 5.56 Å². The molecule has 0 N–H and O–H groups in total. The topological polar surface area (TPSA) is 57.4 Å². The Hall–Kier alpha value is -2.86. The molecular formula is C20H16N2O3S. The number of hydrogen-bond acceptors (Lipinski definition) is 6. The Morgan fingerprint density at radius 1 is 1.12 bits per heavy atom. The molecule has 0 aliphatic heterocycles. The number of benzene rings is 2. The van der Waals surface area contributed by atoms with Gasteiger partial charge in [-0.1, -0.05) is 30.3 Å². The predicted octanol–water partition coefficient (Wildman–Crippen LogP) is 5.07. The minimum absolute atomic E-state index is 0.222. The summed E-state index contributed by atoms with van der Waals surface area (Å²) in [7, 11) is 0. The molecule has 1 saturated carbocycles. The van der Waals surface area contributed by atoms with E-state index in [1.165, 1.54) is 0 Å². The molecule has 0 saturated heterocycles. The van der Waals surface area contributed by atoms with Gasteiger partial charge in [0.25, 0.3) is 0 Å². The molecule has 2 aromatic heterocycles. The van der Waals surface area contributed by atoms with Crippen molar-refractivity contribution in [3.05, 3.63) is 59.6 Å². The lowest BCUT2D eigenvalue weighted by Crippen LogP contribution is -1.97. The lowest BCUT2D eigenvalue weighted by Gasteiger charge is -2.07. The highest BCUT2D eigenvalue weighted by molar-refractivity contribution is 7.13. The molecule has 0 spiro atoms. The van der Waals surface area contributed by atoms with E-state index in [1.807, 2.05) is 47.8 Å². The molecule has 2 heterocycles. The van der Waals surface area contributed by atoms with E-state index < -0.39 is 0 Å². The molecule has 4 aromatic rings. The summed E-state index contributed by atoms with van der Waals surface area (Å²) in [5, 5.41) is 2.83. The average molecular weight is 364 g/mol. The summed E-state index contributed by atoms with van der Waals surface area (Å²) >= 11 is 1.56. The van der Waals surface area contributed by atoms with Crippen LogP contribution >= 0.6 is 11.3 Å². The SMILES string of the molecule is c1ccc(COc2ccc(-c3nccs3)c3oc(OC4CC4)nc23)cc1. The fourth-order valence-corrected chi connectivity index (χ4v) is 3.38. The van der Waals surface area contributed by atoms with Crippen LogP contribution in [0, 0.1) is 0 Å². The van der Waals surface area contributed by atoms with Gasteiger partial charge in [0, 0.05) is 11.6 Å². The molecular weight excluding hydrogens is 348 g/mol. The van der Waals surface area contributed by atoms with Crippen LogP contribution in [0.2, 0.25) is 0 Å². The Morgan fingerprint density at radius 2 is 2.00 bits per heavy atom. The van der Waals surface area contributed by atoms with Gasteiger partial charge in [0.1, 0.15) is 23.5 Å². The number of aromatic nitrogens is 2.